The lowest BCUT2D eigenvalue weighted by Gasteiger charge is -2.09. The van der Waals surface area contributed by atoms with Crippen molar-refractivity contribution >= 4 is 29.1 Å². The number of carbonyl (C=O) groups is 2. The Morgan fingerprint density at radius 1 is 1.09 bits per heavy atom. The number of allylic oxidation sites excluding steroid dienone is 1. The molecule has 0 aliphatic rings. The molecule has 0 bridgehead atoms. The lowest BCUT2D eigenvalue weighted by Crippen LogP contribution is -2.23. The average Bonchev–Trinajstić information content (AvgIpc) is 2.54. The normalized spacial score (nSPS) is 10.1. The minimum absolute atomic E-state index is 0.0712. The van der Waals surface area contributed by atoms with Gasteiger partial charge in [0.25, 0.3) is 5.56 Å². The van der Waals surface area contributed by atoms with E-state index in [1.54, 1.807) is 12.1 Å². The number of halogens is 1. The standard InChI is InChI=1S/C16H12ClNO4/c1-10(15(20)11-3-6-13(17)7-4-11)18-9-12(16(21)22-2)5-8-14(18)19/h3-9H,1H2,2H3. The average molecular weight is 318 g/mol. The number of esters is 1. The maximum Gasteiger partial charge on any atom is 0.339 e. The zero-order valence-electron chi connectivity index (χ0n) is 11.7. The first-order valence-corrected chi connectivity index (χ1v) is 6.62. The monoisotopic (exact) mass is 317 g/mol. The smallest absolute Gasteiger partial charge is 0.339 e. The molecule has 0 amide bonds. The van der Waals surface area contributed by atoms with E-state index in [2.05, 4.69) is 11.3 Å². The molecule has 0 saturated heterocycles. The fraction of sp³-hybridized carbons (Fsp3) is 0.0625. The number of aromatic nitrogens is 1. The van der Waals surface area contributed by atoms with Crippen LogP contribution in [0.25, 0.3) is 5.70 Å². The second-order valence-corrected chi connectivity index (χ2v) is 4.84. The van der Waals surface area contributed by atoms with Crippen LogP contribution in [-0.4, -0.2) is 23.4 Å². The van der Waals surface area contributed by atoms with Gasteiger partial charge in [-0.3, -0.25) is 14.2 Å². The maximum absolute atomic E-state index is 12.3. The summed E-state index contributed by atoms with van der Waals surface area (Å²) in [6.45, 7) is 3.64. The quantitative estimate of drug-likeness (QED) is 0.494. The highest BCUT2D eigenvalue weighted by atomic mass is 35.5. The summed E-state index contributed by atoms with van der Waals surface area (Å²) in [7, 11) is 1.23. The van der Waals surface area contributed by atoms with Crippen LogP contribution in [0.3, 0.4) is 0 Å². The van der Waals surface area contributed by atoms with E-state index in [0.717, 1.165) is 4.57 Å². The number of hydrogen-bond donors (Lipinski definition) is 0. The van der Waals surface area contributed by atoms with Crippen molar-refractivity contribution in [3.8, 4) is 0 Å². The number of ketones is 1. The lowest BCUT2D eigenvalue weighted by molar-refractivity contribution is 0.0599. The van der Waals surface area contributed by atoms with Crippen LogP contribution in [0.2, 0.25) is 5.02 Å². The Balaban J connectivity index is 2.40. The van der Waals surface area contributed by atoms with Crippen LogP contribution >= 0.6 is 11.6 Å². The molecule has 2 aromatic rings. The third-order valence-electron chi connectivity index (χ3n) is 2.99. The molecule has 0 fully saturated rings. The predicted octanol–water partition coefficient (Wildman–Crippen LogP) is 2.64. The van der Waals surface area contributed by atoms with Crippen LogP contribution in [-0.2, 0) is 4.74 Å². The van der Waals surface area contributed by atoms with Crippen molar-refractivity contribution in [2.75, 3.05) is 7.11 Å². The van der Waals surface area contributed by atoms with Crippen LogP contribution in [0.15, 0.2) is 54.0 Å². The summed E-state index contributed by atoms with van der Waals surface area (Å²) in [5.41, 5.74) is -0.0602. The molecule has 0 atom stereocenters. The van der Waals surface area contributed by atoms with Gasteiger partial charge in [0.05, 0.1) is 18.4 Å². The summed E-state index contributed by atoms with van der Waals surface area (Å²) in [6, 6.07) is 8.69. The van der Waals surface area contributed by atoms with Gasteiger partial charge in [0.15, 0.2) is 0 Å². The number of methoxy groups -OCH3 is 1. The molecule has 0 spiro atoms. The van der Waals surface area contributed by atoms with Gasteiger partial charge >= 0.3 is 5.97 Å². The van der Waals surface area contributed by atoms with Crippen molar-refractivity contribution in [2.24, 2.45) is 0 Å². The Bertz CT molecular complexity index is 806. The van der Waals surface area contributed by atoms with E-state index in [1.807, 2.05) is 0 Å². The summed E-state index contributed by atoms with van der Waals surface area (Å²) >= 11 is 5.77. The number of hydrogen-bond acceptors (Lipinski definition) is 4. The highest BCUT2D eigenvalue weighted by Gasteiger charge is 2.15. The number of Topliss-reactive ketones (excluding diaryl/α,β-unsaturated/α-hetero) is 1. The third kappa shape index (κ3) is 3.15. The number of rotatable bonds is 4. The lowest BCUT2D eigenvalue weighted by atomic mass is 10.1. The van der Waals surface area contributed by atoms with Crippen molar-refractivity contribution in [3.63, 3.8) is 0 Å². The Labute approximate surface area is 131 Å². The van der Waals surface area contributed by atoms with Gasteiger partial charge in [0.1, 0.15) is 0 Å². The number of benzene rings is 1. The zero-order valence-corrected chi connectivity index (χ0v) is 12.5. The van der Waals surface area contributed by atoms with E-state index in [9.17, 15) is 14.4 Å². The van der Waals surface area contributed by atoms with Crippen molar-refractivity contribution in [1.29, 1.82) is 0 Å². The Morgan fingerprint density at radius 2 is 1.68 bits per heavy atom. The first-order valence-electron chi connectivity index (χ1n) is 6.24. The van der Waals surface area contributed by atoms with Crippen molar-refractivity contribution in [3.05, 3.63) is 75.7 Å². The van der Waals surface area contributed by atoms with E-state index >= 15 is 0 Å². The van der Waals surface area contributed by atoms with E-state index in [1.165, 1.54) is 37.6 Å². The molecule has 0 aliphatic carbocycles. The van der Waals surface area contributed by atoms with Crippen molar-refractivity contribution < 1.29 is 14.3 Å². The Morgan fingerprint density at radius 3 is 2.27 bits per heavy atom. The maximum atomic E-state index is 12.3. The molecular formula is C16H12ClNO4. The second-order valence-electron chi connectivity index (χ2n) is 4.40. The predicted molar refractivity (Wildman–Crippen MR) is 83.2 cm³/mol. The van der Waals surface area contributed by atoms with E-state index in [-0.39, 0.29) is 11.3 Å². The molecule has 6 heteroatoms. The van der Waals surface area contributed by atoms with Crippen molar-refractivity contribution in [1.82, 2.24) is 4.57 Å². The minimum atomic E-state index is -0.611. The molecule has 1 aromatic heterocycles. The first kappa shape index (κ1) is 15.7. The fourth-order valence-corrected chi connectivity index (χ4v) is 1.94. The first-order chi connectivity index (χ1) is 10.4. The number of ether oxygens (including phenoxy) is 1. The van der Waals surface area contributed by atoms with Crippen molar-refractivity contribution in [2.45, 2.75) is 0 Å². The Hall–Kier alpha value is -2.66. The largest absolute Gasteiger partial charge is 0.465 e. The van der Waals surface area contributed by atoms with Gasteiger partial charge in [-0.25, -0.2) is 4.79 Å². The Kier molecular flexibility index (Phi) is 4.58. The van der Waals surface area contributed by atoms with Gasteiger partial charge in [-0.2, -0.15) is 0 Å². The summed E-state index contributed by atoms with van der Waals surface area (Å²) < 4.78 is 5.60. The topological polar surface area (TPSA) is 65.4 Å². The molecule has 0 N–H and O–H groups in total. The summed E-state index contributed by atoms with van der Waals surface area (Å²) in [6.07, 6.45) is 1.23. The van der Waals surface area contributed by atoms with Gasteiger partial charge in [-0.15, -0.1) is 0 Å². The molecule has 0 aliphatic heterocycles. The summed E-state index contributed by atoms with van der Waals surface area (Å²) in [5.74, 6) is -1.05. The molecule has 0 radical (unpaired) electrons. The van der Waals surface area contributed by atoms with Gasteiger partial charge in [-0.1, -0.05) is 18.2 Å². The van der Waals surface area contributed by atoms with E-state index in [0.29, 0.717) is 10.6 Å². The number of nitrogens with zero attached hydrogens (tertiary/aromatic N) is 1. The minimum Gasteiger partial charge on any atom is -0.465 e. The SMILES string of the molecule is C=C(C(=O)c1ccc(Cl)cc1)n1cc(C(=O)OC)ccc1=O. The molecule has 5 nitrogen and oxygen atoms in total. The zero-order chi connectivity index (χ0) is 16.3. The van der Waals surface area contributed by atoms with Gasteiger partial charge in [-0.05, 0) is 30.3 Å². The number of carbonyl (C=O) groups excluding carboxylic acids is 2. The molecule has 22 heavy (non-hydrogen) atoms. The molecule has 0 unspecified atom stereocenters. The van der Waals surface area contributed by atoms with E-state index in [4.69, 9.17) is 11.6 Å². The molecule has 2 rings (SSSR count). The highest BCUT2D eigenvalue weighted by Crippen LogP contribution is 2.14. The van der Waals surface area contributed by atoms with Crippen LogP contribution in [0, 0.1) is 0 Å². The highest BCUT2D eigenvalue weighted by molar-refractivity contribution is 6.31. The van der Waals surface area contributed by atoms with Crippen LogP contribution in [0.5, 0.6) is 0 Å². The molecular weight excluding hydrogens is 306 g/mol. The van der Waals surface area contributed by atoms with Gasteiger partial charge in [0.2, 0.25) is 5.78 Å². The molecule has 112 valence electrons. The van der Waals surface area contributed by atoms with Crippen LogP contribution in [0.4, 0.5) is 0 Å². The molecule has 1 heterocycles. The van der Waals surface area contributed by atoms with E-state index < -0.39 is 17.3 Å². The fourth-order valence-electron chi connectivity index (χ4n) is 1.81. The summed E-state index contributed by atoms with van der Waals surface area (Å²) in [4.78, 5) is 35.7. The summed E-state index contributed by atoms with van der Waals surface area (Å²) in [5, 5.41) is 0.493. The second kappa shape index (κ2) is 6.41. The molecule has 1 aromatic carbocycles. The van der Waals surface area contributed by atoms with Crippen LogP contribution < -0.4 is 5.56 Å². The van der Waals surface area contributed by atoms with Gasteiger partial charge < -0.3 is 4.74 Å². The van der Waals surface area contributed by atoms with Crippen LogP contribution in [0.1, 0.15) is 20.7 Å². The number of pyridine rings is 1. The third-order valence-corrected chi connectivity index (χ3v) is 3.24. The van der Waals surface area contributed by atoms with Gasteiger partial charge in [0, 0.05) is 22.8 Å². The molecule has 0 saturated carbocycles.